The molecule has 0 unspecified atom stereocenters. The summed E-state index contributed by atoms with van der Waals surface area (Å²) < 4.78 is 15.7. The van der Waals surface area contributed by atoms with E-state index in [1.54, 1.807) is 37.3 Å². The van der Waals surface area contributed by atoms with E-state index in [1.165, 1.54) is 16.7 Å². The van der Waals surface area contributed by atoms with Crippen LogP contribution in [0.15, 0.2) is 82.4 Å². The Hall–Kier alpha value is -3.71. The number of aromatic nitrogens is 2. The standard InChI is InChI=1S/C25H21ClFN3O3/c1-16(18-7-10-20(27)11-8-18)28-23(31)15-30-22-13-19(26)9-12-21(22)29(24(32)25(30)33)14-17-5-3-2-4-6-17/h2-13,16H,14-15H2,1H3,(H,28,31)/t16-/m1/s1. The van der Waals surface area contributed by atoms with Gasteiger partial charge in [0, 0.05) is 5.02 Å². The summed E-state index contributed by atoms with van der Waals surface area (Å²) in [5.41, 5.74) is 0.903. The van der Waals surface area contributed by atoms with Gasteiger partial charge in [0.1, 0.15) is 12.4 Å². The van der Waals surface area contributed by atoms with Crippen molar-refractivity contribution < 1.29 is 9.18 Å². The van der Waals surface area contributed by atoms with Crippen LogP contribution in [0.3, 0.4) is 0 Å². The van der Waals surface area contributed by atoms with Gasteiger partial charge in [-0.05, 0) is 48.4 Å². The minimum atomic E-state index is -0.815. The summed E-state index contributed by atoms with van der Waals surface area (Å²) in [7, 11) is 0. The second-order valence-corrected chi connectivity index (χ2v) is 8.18. The summed E-state index contributed by atoms with van der Waals surface area (Å²) >= 11 is 6.18. The minimum Gasteiger partial charge on any atom is -0.348 e. The van der Waals surface area contributed by atoms with Crippen molar-refractivity contribution in [1.29, 1.82) is 0 Å². The third-order valence-corrected chi connectivity index (χ3v) is 5.66. The zero-order chi connectivity index (χ0) is 23.5. The number of benzene rings is 3. The molecule has 0 aliphatic carbocycles. The second kappa shape index (κ2) is 9.42. The molecule has 0 bridgehead atoms. The lowest BCUT2D eigenvalue weighted by molar-refractivity contribution is -0.122. The van der Waals surface area contributed by atoms with Gasteiger partial charge in [0.25, 0.3) is 0 Å². The fraction of sp³-hybridized carbons (Fsp3) is 0.160. The highest BCUT2D eigenvalue weighted by Gasteiger charge is 2.17. The maximum atomic E-state index is 13.2. The molecule has 0 aliphatic heterocycles. The average molecular weight is 466 g/mol. The van der Waals surface area contributed by atoms with Gasteiger partial charge in [-0.1, -0.05) is 54.1 Å². The van der Waals surface area contributed by atoms with Crippen molar-refractivity contribution in [2.45, 2.75) is 26.1 Å². The van der Waals surface area contributed by atoms with E-state index >= 15 is 0 Å². The first-order valence-electron chi connectivity index (χ1n) is 10.3. The molecule has 4 rings (SSSR count). The molecule has 1 aromatic heterocycles. The number of nitrogens with zero attached hydrogens (tertiary/aromatic N) is 2. The van der Waals surface area contributed by atoms with Crippen LogP contribution in [0.1, 0.15) is 24.1 Å². The molecule has 3 aromatic carbocycles. The van der Waals surface area contributed by atoms with Crippen molar-refractivity contribution in [3.8, 4) is 0 Å². The van der Waals surface area contributed by atoms with E-state index in [4.69, 9.17) is 11.6 Å². The van der Waals surface area contributed by atoms with Gasteiger partial charge >= 0.3 is 11.1 Å². The highest BCUT2D eigenvalue weighted by molar-refractivity contribution is 6.31. The van der Waals surface area contributed by atoms with E-state index in [9.17, 15) is 18.8 Å². The van der Waals surface area contributed by atoms with Gasteiger partial charge in [0.2, 0.25) is 5.91 Å². The number of carbonyl (C=O) groups excluding carboxylic acids is 1. The number of fused-ring (bicyclic) bond motifs is 1. The fourth-order valence-corrected chi connectivity index (χ4v) is 3.90. The van der Waals surface area contributed by atoms with E-state index in [2.05, 4.69) is 5.32 Å². The Morgan fingerprint density at radius 1 is 0.939 bits per heavy atom. The molecule has 0 spiro atoms. The van der Waals surface area contributed by atoms with Crippen molar-refractivity contribution in [2.24, 2.45) is 0 Å². The van der Waals surface area contributed by atoms with E-state index in [0.717, 1.165) is 10.1 Å². The van der Waals surface area contributed by atoms with Crippen LogP contribution in [0.5, 0.6) is 0 Å². The molecular weight excluding hydrogens is 445 g/mol. The van der Waals surface area contributed by atoms with Crippen molar-refractivity contribution in [1.82, 2.24) is 14.5 Å². The van der Waals surface area contributed by atoms with Gasteiger partial charge in [-0.3, -0.25) is 23.5 Å². The fourth-order valence-electron chi connectivity index (χ4n) is 3.74. The third kappa shape index (κ3) is 4.88. The van der Waals surface area contributed by atoms with Crippen molar-refractivity contribution in [3.63, 3.8) is 0 Å². The third-order valence-electron chi connectivity index (χ3n) is 5.43. The molecule has 0 fully saturated rings. The number of nitrogens with one attached hydrogen (secondary N) is 1. The van der Waals surface area contributed by atoms with Crippen LogP contribution < -0.4 is 16.4 Å². The monoisotopic (exact) mass is 465 g/mol. The highest BCUT2D eigenvalue weighted by Crippen LogP contribution is 2.19. The number of hydrogen-bond donors (Lipinski definition) is 1. The number of halogens is 2. The van der Waals surface area contributed by atoms with Gasteiger partial charge < -0.3 is 5.32 Å². The first kappa shape index (κ1) is 22.5. The number of rotatable bonds is 6. The van der Waals surface area contributed by atoms with Gasteiger partial charge in [-0.2, -0.15) is 0 Å². The summed E-state index contributed by atoms with van der Waals surface area (Å²) in [6.45, 7) is 1.60. The lowest BCUT2D eigenvalue weighted by Gasteiger charge is -2.18. The molecule has 6 nitrogen and oxygen atoms in total. The largest absolute Gasteiger partial charge is 0.348 e. The molecule has 1 amide bonds. The maximum absolute atomic E-state index is 13.2. The smallest absolute Gasteiger partial charge is 0.317 e. The van der Waals surface area contributed by atoms with Crippen molar-refractivity contribution in [2.75, 3.05) is 0 Å². The molecule has 168 valence electrons. The predicted octanol–water partition coefficient (Wildman–Crippen LogP) is 3.88. The first-order valence-corrected chi connectivity index (χ1v) is 10.7. The molecule has 1 heterocycles. The molecule has 8 heteroatoms. The van der Waals surface area contributed by atoms with Crippen LogP contribution >= 0.6 is 11.6 Å². The molecule has 0 radical (unpaired) electrons. The Morgan fingerprint density at radius 3 is 2.30 bits per heavy atom. The molecule has 1 atom stereocenters. The Bertz CT molecular complexity index is 1430. The van der Waals surface area contributed by atoms with Crippen LogP contribution in [0.25, 0.3) is 11.0 Å². The van der Waals surface area contributed by atoms with E-state index in [0.29, 0.717) is 21.6 Å². The van der Waals surface area contributed by atoms with Crippen LogP contribution in [-0.2, 0) is 17.9 Å². The van der Waals surface area contributed by atoms with E-state index < -0.39 is 23.1 Å². The minimum absolute atomic E-state index is 0.210. The van der Waals surface area contributed by atoms with Gasteiger partial charge in [-0.25, -0.2) is 4.39 Å². The lowest BCUT2D eigenvalue weighted by Crippen LogP contribution is -2.44. The zero-order valence-corrected chi connectivity index (χ0v) is 18.6. The lowest BCUT2D eigenvalue weighted by atomic mass is 10.1. The maximum Gasteiger partial charge on any atom is 0.317 e. The molecule has 4 aromatic rings. The molecule has 0 aliphatic rings. The Morgan fingerprint density at radius 2 is 1.61 bits per heavy atom. The van der Waals surface area contributed by atoms with Crippen LogP contribution in [-0.4, -0.2) is 15.0 Å². The topological polar surface area (TPSA) is 73.1 Å². The van der Waals surface area contributed by atoms with Crippen LogP contribution in [0, 0.1) is 5.82 Å². The predicted molar refractivity (Wildman–Crippen MR) is 126 cm³/mol. The summed E-state index contributed by atoms with van der Waals surface area (Å²) in [6, 6.07) is 19.5. The quantitative estimate of drug-likeness (QED) is 0.439. The molecule has 0 saturated carbocycles. The highest BCUT2D eigenvalue weighted by atomic mass is 35.5. The number of hydrogen-bond acceptors (Lipinski definition) is 3. The molecular formula is C25H21ClFN3O3. The Kier molecular flexibility index (Phi) is 6.42. The SMILES string of the molecule is C[C@@H](NC(=O)Cn1c(=O)c(=O)n(Cc2ccccc2)c2ccc(Cl)cc21)c1ccc(F)cc1. The summed E-state index contributed by atoms with van der Waals surface area (Å²) in [4.78, 5) is 38.7. The van der Waals surface area contributed by atoms with E-state index in [1.807, 2.05) is 30.3 Å². The van der Waals surface area contributed by atoms with Gasteiger partial charge in [0.15, 0.2) is 0 Å². The van der Waals surface area contributed by atoms with Gasteiger partial charge in [0.05, 0.1) is 23.6 Å². The first-order chi connectivity index (χ1) is 15.8. The Balaban J connectivity index is 1.70. The summed E-state index contributed by atoms with van der Waals surface area (Å²) in [5, 5.41) is 3.16. The van der Waals surface area contributed by atoms with E-state index in [-0.39, 0.29) is 18.9 Å². The normalized spacial score (nSPS) is 12.0. The zero-order valence-electron chi connectivity index (χ0n) is 17.8. The average Bonchev–Trinajstić information content (AvgIpc) is 2.80. The summed E-state index contributed by atoms with van der Waals surface area (Å²) in [6.07, 6.45) is 0. The Labute approximate surface area is 193 Å². The van der Waals surface area contributed by atoms with Crippen LogP contribution in [0.4, 0.5) is 4.39 Å². The molecule has 0 saturated heterocycles. The number of amides is 1. The van der Waals surface area contributed by atoms with Gasteiger partial charge in [-0.15, -0.1) is 0 Å². The van der Waals surface area contributed by atoms with Crippen molar-refractivity contribution >= 4 is 28.5 Å². The molecule has 33 heavy (non-hydrogen) atoms. The van der Waals surface area contributed by atoms with Crippen LogP contribution in [0.2, 0.25) is 5.02 Å². The summed E-state index contributed by atoms with van der Waals surface area (Å²) in [5.74, 6) is -0.835. The number of carbonyl (C=O) groups is 1. The molecule has 1 N–H and O–H groups in total. The van der Waals surface area contributed by atoms with Crippen molar-refractivity contribution in [3.05, 3.63) is 115 Å². The second-order valence-electron chi connectivity index (χ2n) is 7.74.